The highest BCUT2D eigenvalue weighted by Crippen LogP contribution is 2.56. The van der Waals surface area contributed by atoms with Gasteiger partial charge in [0.2, 0.25) is 0 Å². The smallest absolute Gasteiger partial charge is 0.322 e. The van der Waals surface area contributed by atoms with E-state index in [0.717, 1.165) is 41.7 Å². The molecule has 2 aliphatic rings. The van der Waals surface area contributed by atoms with Crippen LogP contribution in [0, 0.1) is 0 Å². The van der Waals surface area contributed by atoms with Crippen LogP contribution in [0.5, 0.6) is 5.75 Å². The highest BCUT2D eigenvalue weighted by molar-refractivity contribution is 6.39. The van der Waals surface area contributed by atoms with Gasteiger partial charge in [-0.1, -0.05) is 64.2 Å². The quantitative estimate of drug-likeness (QED) is 0.189. The van der Waals surface area contributed by atoms with E-state index in [9.17, 15) is 9.59 Å². The van der Waals surface area contributed by atoms with Gasteiger partial charge in [0.05, 0.1) is 15.6 Å². The Morgan fingerprint density at radius 1 is 0.976 bits per heavy atom. The number of hydrogen-bond acceptors (Lipinski definition) is 5. The van der Waals surface area contributed by atoms with E-state index in [1.54, 1.807) is 24.3 Å². The Kier molecular flexibility index (Phi) is 7.68. The summed E-state index contributed by atoms with van der Waals surface area (Å²) in [5, 5.41) is 17.1. The lowest BCUT2D eigenvalue weighted by Gasteiger charge is -2.11. The average molecular weight is 612 g/mol. The van der Waals surface area contributed by atoms with E-state index >= 15 is 0 Å². The summed E-state index contributed by atoms with van der Waals surface area (Å²) in [6, 6.07) is 18.3. The minimum atomic E-state index is -1.09. The van der Waals surface area contributed by atoms with Crippen LogP contribution in [0.4, 0.5) is 0 Å². The van der Waals surface area contributed by atoms with Crippen molar-refractivity contribution in [3.8, 4) is 17.0 Å². The number of carbonyl (C=O) groups excluding carboxylic acids is 1. The van der Waals surface area contributed by atoms with Crippen LogP contribution in [-0.2, 0) is 11.4 Å². The van der Waals surface area contributed by atoms with E-state index in [1.807, 2.05) is 36.4 Å². The number of aliphatic carboxylic acids is 1. The molecule has 2 fully saturated rings. The van der Waals surface area contributed by atoms with Crippen molar-refractivity contribution in [1.29, 1.82) is 0 Å². The van der Waals surface area contributed by atoms with Crippen LogP contribution in [0.1, 0.15) is 69.8 Å². The number of halogens is 3. The van der Waals surface area contributed by atoms with Crippen molar-refractivity contribution < 1.29 is 24.0 Å². The number of amides is 1. The van der Waals surface area contributed by atoms with E-state index in [0.29, 0.717) is 43.6 Å². The minimum absolute atomic E-state index is 0.211. The van der Waals surface area contributed by atoms with Crippen molar-refractivity contribution in [2.75, 3.05) is 6.54 Å². The molecule has 1 amide bonds. The normalized spacial score (nSPS) is 17.7. The number of carboxylic acids is 1. The van der Waals surface area contributed by atoms with Crippen molar-refractivity contribution in [3.63, 3.8) is 0 Å². The SMILES string of the molecule is O=C(O)CNC(=O)c1cccc(C2CC2c2ccc(OCc3c(-c4c(Cl)cccc4Cl)noc3C3CC3)cc2Cl)c1. The van der Waals surface area contributed by atoms with Gasteiger partial charge in [0, 0.05) is 22.1 Å². The first kappa shape index (κ1) is 27.6. The number of benzene rings is 3. The Hall–Kier alpha value is -3.52. The molecule has 2 unspecified atom stereocenters. The molecule has 2 N–H and O–H groups in total. The maximum atomic E-state index is 12.3. The summed E-state index contributed by atoms with van der Waals surface area (Å²) in [6.45, 7) is -0.197. The lowest BCUT2D eigenvalue weighted by atomic mass is 10.0. The van der Waals surface area contributed by atoms with Gasteiger partial charge in [-0.15, -0.1) is 0 Å². The van der Waals surface area contributed by atoms with Gasteiger partial charge in [-0.2, -0.15) is 0 Å². The number of hydrogen-bond donors (Lipinski definition) is 2. The molecule has 2 atom stereocenters. The summed E-state index contributed by atoms with van der Waals surface area (Å²) < 4.78 is 11.9. The zero-order valence-corrected chi connectivity index (χ0v) is 24.0. The van der Waals surface area contributed by atoms with Gasteiger partial charge in [-0.25, -0.2) is 0 Å². The summed E-state index contributed by atoms with van der Waals surface area (Å²) in [7, 11) is 0. The molecule has 0 aliphatic heterocycles. The minimum Gasteiger partial charge on any atom is -0.489 e. The summed E-state index contributed by atoms with van der Waals surface area (Å²) in [4.78, 5) is 23.1. The molecule has 0 radical (unpaired) electrons. The van der Waals surface area contributed by atoms with E-state index in [4.69, 9.17) is 49.2 Å². The third-order valence-corrected chi connectivity index (χ3v) is 8.45. The third-order valence-electron chi connectivity index (χ3n) is 7.49. The second-order valence-corrected chi connectivity index (χ2v) is 11.6. The van der Waals surface area contributed by atoms with Crippen LogP contribution in [0.2, 0.25) is 15.1 Å². The van der Waals surface area contributed by atoms with Gasteiger partial charge < -0.3 is 19.7 Å². The van der Waals surface area contributed by atoms with Crippen LogP contribution < -0.4 is 10.1 Å². The molecule has 0 bridgehead atoms. The second kappa shape index (κ2) is 11.4. The highest BCUT2D eigenvalue weighted by atomic mass is 35.5. The van der Waals surface area contributed by atoms with E-state index in [-0.39, 0.29) is 18.4 Å². The van der Waals surface area contributed by atoms with Gasteiger partial charge in [-0.3, -0.25) is 9.59 Å². The van der Waals surface area contributed by atoms with E-state index in [2.05, 4.69) is 10.5 Å². The lowest BCUT2D eigenvalue weighted by molar-refractivity contribution is -0.135. The van der Waals surface area contributed by atoms with Gasteiger partial charge in [-0.05, 0) is 78.6 Å². The van der Waals surface area contributed by atoms with Crippen molar-refractivity contribution in [2.45, 2.75) is 43.6 Å². The van der Waals surface area contributed by atoms with Gasteiger partial charge in [0.15, 0.2) is 0 Å². The molecule has 1 heterocycles. The van der Waals surface area contributed by atoms with Gasteiger partial charge in [0.25, 0.3) is 5.91 Å². The fourth-order valence-electron chi connectivity index (χ4n) is 5.18. The van der Waals surface area contributed by atoms with Crippen molar-refractivity contribution in [1.82, 2.24) is 10.5 Å². The fraction of sp³-hybridized carbons (Fsp3) is 0.258. The third kappa shape index (κ3) is 5.94. The number of nitrogens with zero attached hydrogens (tertiary/aromatic N) is 1. The number of rotatable bonds is 10. The van der Waals surface area contributed by atoms with Crippen LogP contribution in [0.3, 0.4) is 0 Å². The molecule has 210 valence electrons. The largest absolute Gasteiger partial charge is 0.489 e. The molecular formula is C31H25Cl3N2O5. The lowest BCUT2D eigenvalue weighted by Crippen LogP contribution is -2.29. The van der Waals surface area contributed by atoms with Crippen molar-refractivity contribution in [2.24, 2.45) is 0 Å². The maximum absolute atomic E-state index is 12.3. The van der Waals surface area contributed by atoms with Crippen LogP contribution in [-0.4, -0.2) is 28.7 Å². The van der Waals surface area contributed by atoms with Crippen LogP contribution in [0.15, 0.2) is 65.2 Å². The molecule has 0 spiro atoms. The molecule has 6 rings (SSSR count). The molecule has 7 nitrogen and oxygen atoms in total. The van der Waals surface area contributed by atoms with E-state index < -0.39 is 18.4 Å². The number of carboxylic acid groups (broad SMARTS) is 1. The Labute approximate surface area is 251 Å². The van der Waals surface area contributed by atoms with Crippen molar-refractivity contribution >= 4 is 46.7 Å². The van der Waals surface area contributed by atoms with Gasteiger partial charge >= 0.3 is 5.97 Å². The number of aromatic nitrogens is 1. The maximum Gasteiger partial charge on any atom is 0.322 e. The van der Waals surface area contributed by atoms with Crippen molar-refractivity contribution in [3.05, 3.63) is 104 Å². The molecule has 10 heteroatoms. The first-order chi connectivity index (χ1) is 19.8. The Morgan fingerprint density at radius 2 is 1.73 bits per heavy atom. The summed E-state index contributed by atoms with van der Waals surface area (Å²) in [6.07, 6.45) is 2.97. The predicted octanol–water partition coefficient (Wildman–Crippen LogP) is 7.84. The monoisotopic (exact) mass is 610 g/mol. The van der Waals surface area contributed by atoms with E-state index in [1.165, 1.54) is 0 Å². The zero-order valence-electron chi connectivity index (χ0n) is 21.7. The molecule has 1 aromatic heterocycles. The molecule has 2 saturated carbocycles. The Balaban J connectivity index is 1.16. The molecule has 41 heavy (non-hydrogen) atoms. The summed E-state index contributed by atoms with van der Waals surface area (Å²) >= 11 is 19.7. The first-order valence-electron chi connectivity index (χ1n) is 13.2. The molecule has 0 saturated heterocycles. The molecule has 3 aromatic carbocycles. The number of nitrogens with one attached hydrogen (secondary N) is 1. The molecule has 2 aliphatic carbocycles. The fourth-order valence-corrected chi connectivity index (χ4v) is 6.06. The van der Waals surface area contributed by atoms with Crippen LogP contribution >= 0.6 is 34.8 Å². The highest BCUT2D eigenvalue weighted by Gasteiger charge is 2.41. The van der Waals surface area contributed by atoms with Gasteiger partial charge in [0.1, 0.15) is 30.4 Å². The molecule has 4 aromatic rings. The van der Waals surface area contributed by atoms with Crippen LogP contribution in [0.25, 0.3) is 11.3 Å². The number of ether oxygens (including phenoxy) is 1. The standard InChI is InChI=1S/C31H25Cl3N2O5/c32-24-5-2-6-25(33)28(24)29-23(30(41-36-29)16-7-8-16)15-40-19-9-10-20(26(34)12-19)22-13-21(22)17-3-1-4-18(11-17)31(39)35-14-27(37)38/h1-6,9-12,16,21-22H,7-8,13-15H2,(H,35,39)(H,37,38). The number of carbonyl (C=O) groups is 2. The first-order valence-corrected chi connectivity index (χ1v) is 14.4. The summed E-state index contributed by atoms with van der Waals surface area (Å²) in [5.41, 5.74) is 4.50. The predicted molar refractivity (Wildman–Crippen MR) is 156 cm³/mol. The molecular weight excluding hydrogens is 587 g/mol. The topological polar surface area (TPSA) is 102 Å². The Morgan fingerprint density at radius 3 is 2.44 bits per heavy atom. The second-order valence-electron chi connectivity index (χ2n) is 10.4. The average Bonchev–Trinajstić information content (AvgIpc) is 3.89. The summed E-state index contributed by atoms with van der Waals surface area (Å²) in [5.74, 6) is 0.661. The zero-order chi connectivity index (χ0) is 28.7. The Bertz CT molecular complexity index is 1630.